The Labute approximate surface area is 58.3 Å². The highest BCUT2D eigenvalue weighted by Gasteiger charge is 2.21. The molecule has 0 saturated carbocycles. The van der Waals surface area contributed by atoms with E-state index in [1.807, 2.05) is 0 Å². The van der Waals surface area contributed by atoms with E-state index in [0.29, 0.717) is 0 Å². The summed E-state index contributed by atoms with van der Waals surface area (Å²) >= 11 is 0. The normalized spacial score (nSPS) is 18.0. The maximum absolute atomic E-state index is 8.38. The third-order valence-corrected chi connectivity index (χ3v) is 1.43. The number of hydrogen-bond donors (Lipinski definition) is 4. The summed E-state index contributed by atoms with van der Waals surface area (Å²) in [4.78, 5) is 0. The second-order valence-electron chi connectivity index (χ2n) is 2.12. The molecule has 0 heterocycles. The van der Waals surface area contributed by atoms with Crippen molar-refractivity contribution in [3.05, 3.63) is 0 Å². The fraction of sp³-hybridized carbons (Fsp3) is 1.00. The molecule has 0 aliphatic carbocycles. The molecule has 0 bridgehead atoms. The largest absolute Gasteiger partial charge is 0.289 e. The maximum Gasteiger partial charge on any atom is 0.0795 e. The van der Waals surface area contributed by atoms with Gasteiger partial charge in [-0.1, -0.05) is 10.5 Å². The zero-order valence-corrected chi connectivity index (χ0v) is 5.84. The minimum Gasteiger partial charge on any atom is -0.289 e. The first-order valence-corrected chi connectivity index (χ1v) is 2.80. The second-order valence-corrected chi connectivity index (χ2v) is 2.12. The van der Waals surface area contributed by atoms with E-state index in [9.17, 15) is 0 Å². The van der Waals surface area contributed by atoms with Crippen molar-refractivity contribution in [1.29, 1.82) is 0 Å². The third kappa shape index (κ3) is 2.56. The fourth-order valence-corrected chi connectivity index (χ4v) is 0.386. The Morgan fingerprint density at radius 1 is 0.800 bits per heavy atom. The number of rotatable bonds is 3. The maximum atomic E-state index is 8.38. The molecule has 4 N–H and O–H groups in total. The van der Waals surface area contributed by atoms with E-state index in [1.54, 1.807) is 0 Å². The van der Waals surface area contributed by atoms with E-state index >= 15 is 0 Å². The summed E-state index contributed by atoms with van der Waals surface area (Å²) in [6.07, 6.45) is 0. The molecule has 0 radical (unpaired) electrons. The van der Waals surface area contributed by atoms with Crippen LogP contribution in [0, 0.1) is 0 Å². The first-order valence-electron chi connectivity index (χ1n) is 2.80. The van der Waals surface area contributed by atoms with Gasteiger partial charge in [-0.15, -0.1) is 0 Å². The van der Waals surface area contributed by atoms with Gasteiger partial charge < -0.3 is 0 Å². The van der Waals surface area contributed by atoms with Gasteiger partial charge in [0.1, 0.15) is 0 Å². The summed E-state index contributed by atoms with van der Waals surface area (Å²) in [6, 6.07) is -1.54. The molecule has 6 heteroatoms. The molecule has 6 nitrogen and oxygen atoms in total. The molecule has 2 atom stereocenters. The summed E-state index contributed by atoms with van der Waals surface area (Å²) < 4.78 is 0. The van der Waals surface area contributed by atoms with Crippen molar-refractivity contribution in [1.82, 2.24) is 10.5 Å². The highest BCUT2D eigenvalue weighted by Crippen LogP contribution is 2.02. The van der Waals surface area contributed by atoms with Crippen molar-refractivity contribution in [2.75, 3.05) is 0 Å². The van der Waals surface area contributed by atoms with Gasteiger partial charge in [-0.3, -0.25) is 20.8 Å². The quantitative estimate of drug-likeness (QED) is 0.423. The molecule has 0 aromatic carbocycles. The molecule has 10 heavy (non-hydrogen) atoms. The van der Waals surface area contributed by atoms with Gasteiger partial charge in [0, 0.05) is 0 Å². The van der Waals surface area contributed by atoms with E-state index < -0.39 is 12.1 Å². The van der Waals surface area contributed by atoms with Gasteiger partial charge in [0.15, 0.2) is 0 Å². The van der Waals surface area contributed by atoms with Gasteiger partial charge in [0.05, 0.1) is 12.1 Å². The molecule has 0 rings (SSSR count). The van der Waals surface area contributed by atoms with E-state index in [4.69, 9.17) is 20.8 Å². The standard InChI is InChI=1S/C4H12N2O4/c1-3(5(7)8)4(2)6(9)10/h3-4,7-10H,1-2H3. The Morgan fingerprint density at radius 3 is 1.10 bits per heavy atom. The predicted molar refractivity (Wildman–Crippen MR) is 29.7 cm³/mol. The summed E-state index contributed by atoms with van der Waals surface area (Å²) in [5.41, 5.74) is 0. The van der Waals surface area contributed by atoms with Crippen molar-refractivity contribution in [2.24, 2.45) is 0 Å². The van der Waals surface area contributed by atoms with Crippen LogP contribution in [0.2, 0.25) is 0 Å². The van der Waals surface area contributed by atoms with Crippen LogP contribution in [0.25, 0.3) is 0 Å². The predicted octanol–water partition coefficient (Wildman–Crippen LogP) is -0.0758. The molecule has 0 aliphatic heterocycles. The number of nitrogens with zero attached hydrogens (tertiary/aromatic N) is 2. The molecule has 0 aliphatic rings. The van der Waals surface area contributed by atoms with Crippen molar-refractivity contribution in [3.8, 4) is 0 Å². The first kappa shape index (κ1) is 9.76. The van der Waals surface area contributed by atoms with E-state index in [-0.39, 0.29) is 10.5 Å². The lowest BCUT2D eigenvalue weighted by molar-refractivity contribution is -0.383. The number of hydroxylamine groups is 4. The van der Waals surface area contributed by atoms with Crippen LogP contribution in [0.1, 0.15) is 13.8 Å². The van der Waals surface area contributed by atoms with E-state index in [1.165, 1.54) is 13.8 Å². The monoisotopic (exact) mass is 152 g/mol. The summed E-state index contributed by atoms with van der Waals surface area (Å²) in [5.74, 6) is 0. The Kier molecular flexibility index (Phi) is 3.72. The zero-order chi connectivity index (χ0) is 8.31. The average molecular weight is 152 g/mol. The molecule has 0 amide bonds. The van der Waals surface area contributed by atoms with Gasteiger partial charge in [-0.05, 0) is 13.8 Å². The van der Waals surface area contributed by atoms with Crippen LogP contribution in [0.5, 0.6) is 0 Å². The zero-order valence-electron chi connectivity index (χ0n) is 5.84. The third-order valence-electron chi connectivity index (χ3n) is 1.43. The molecular formula is C4H12N2O4. The second kappa shape index (κ2) is 3.81. The molecule has 62 valence electrons. The van der Waals surface area contributed by atoms with Crippen LogP contribution in [-0.4, -0.2) is 43.4 Å². The Morgan fingerprint density at radius 2 is 1.00 bits per heavy atom. The van der Waals surface area contributed by atoms with Crippen LogP contribution >= 0.6 is 0 Å². The molecular weight excluding hydrogens is 140 g/mol. The van der Waals surface area contributed by atoms with Crippen LogP contribution < -0.4 is 0 Å². The Bertz CT molecular complexity index is 85.3. The average Bonchev–Trinajstić information content (AvgIpc) is 1.84. The molecule has 0 aromatic rings. The van der Waals surface area contributed by atoms with Crippen LogP contribution in [0.4, 0.5) is 0 Å². The van der Waals surface area contributed by atoms with E-state index in [2.05, 4.69) is 0 Å². The SMILES string of the molecule is CC(C(C)N(O)O)N(O)O. The van der Waals surface area contributed by atoms with Crippen LogP contribution in [-0.2, 0) is 0 Å². The van der Waals surface area contributed by atoms with Crippen LogP contribution in [0.15, 0.2) is 0 Å². The Hall–Kier alpha value is -0.240. The fourth-order valence-electron chi connectivity index (χ4n) is 0.386. The van der Waals surface area contributed by atoms with Crippen molar-refractivity contribution in [3.63, 3.8) is 0 Å². The molecule has 2 unspecified atom stereocenters. The topological polar surface area (TPSA) is 87.4 Å². The van der Waals surface area contributed by atoms with E-state index in [0.717, 1.165) is 0 Å². The lowest BCUT2D eigenvalue weighted by Crippen LogP contribution is -2.43. The smallest absolute Gasteiger partial charge is 0.0795 e. The van der Waals surface area contributed by atoms with Gasteiger partial charge in [0.25, 0.3) is 0 Å². The van der Waals surface area contributed by atoms with Crippen molar-refractivity contribution >= 4 is 0 Å². The number of hydrogen-bond acceptors (Lipinski definition) is 6. The minimum atomic E-state index is -0.769. The van der Waals surface area contributed by atoms with Crippen molar-refractivity contribution < 1.29 is 20.8 Å². The summed E-state index contributed by atoms with van der Waals surface area (Å²) in [7, 11) is 0. The summed E-state index contributed by atoms with van der Waals surface area (Å²) in [6.45, 7) is 2.84. The minimum absolute atomic E-state index is 0.0793. The highest BCUT2D eigenvalue weighted by molar-refractivity contribution is 4.64. The van der Waals surface area contributed by atoms with Gasteiger partial charge in [0.2, 0.25) is 0 Å². The summed E-state index contributed by atoms with van der Waals surface area (Å²) in [5, 5.41) is 33.4. The highest BCUT2D eigenvalue weighted by atomic mass is 16.8. The lowest BCUT2D eigenvalue weighted by Gasteiger charge is -2.24. The molecule has 0 spiro atoms. The molecule has 0 aromatic heterocycles. The lowest BCUT2D eigenvalue weighted by atomic mass is 10.2. The van der Waals surface area contributed by atoms with Gasteiger partial charge in [-0.25, -0.2) is 0 Å². The Balaban J connectivity index is 3.81. The van der Waals surface area contributed by atoms with Crippen LogP contribution in [0.3, 0.4) is 0 Å². The molecule has 0 saturated heterocycles. The van der Waals surface area contributed by atoms with Gasteiger partial charge >= 0.3 is 0 Å². The van der Waals surface area contributed by atoms with Crippen molar-refractivity contribution in [2.45, 2.75) is 25.9 Å². The molecule has 0 fully saturated rings. The first-order chi connectivity index (χ1) is 4.46. The van der Waals surface area contributed by atoms with Gasteiger partial charge in [-0.2, -0.15) is 0 Å².